The van der Waals surface area contributed by atoms with Crippen molar-refractivity contribution in [1.29, 1.82) is 0 Å². The Morgan fingerprint density at radius 1 is 0.678 bits per heavy atom. The van der Waals surface area contributed by atoms with Crippen molar-refractivity contribution in [2.24, 2.45) is 11.3 Å². The molecular weight excluding hydrogens is 797 g/mol. The van der Waals surface area contributed by atoms with E-state index in [1.165, 1.54) is 11.8 Å². The number of rotatable bonds is 41. The molecule has 1 N–H and O–H groups in total. The Balaban J connectivity index is 1.24. The maximum atomic E-state index is 12.7. The molecule has 2 heterocycles. The first-order valence-electron chi connectivity index (χ1n) is 20.5. The van der Waals surface area contributed by atoms with Crippen molar-refractivity contribution >= 4 is 29.5 Å². The van der Waals surface area contributed by atoms with Crippen molar-refractivity contribution in [2.45, 2.75) is 58.9 Å². The van der Waals surface area contributed by atoms with Crippen molar-refractivity contribution in [3.05, 3.63) is 11.9 Å². The second-order valence-electron chi connectivity index (χ2n) is 14.6. The summed E-state index contributed by atoms with van der Waals surface area (Å²) in [6.45, 7) is 19.6. The molecule has 2 rings (SSSR count). The van der Waals surface area contributed by atoms with E-state index in [0.29, 0.717) is 156 Å². The summed E-state index contributed by atoms with van der Waals surface area (Å²) in [5.41, 5.74) is 0.775. The van der Waals surface area contributed by atoms with Gasteiger partial charge in [0.2, 0.25) is 11.8 Å². The van der Waals surface area contributed by atoms with Crippen LogP contribution in [0.2, 0.25) is 0 Å². The van der Waals surface area contributed by atoms with Gasteiger partial charge in [-0.1, -0.05) is 32.9 Å². The smallest absolute Gasteiger partial charge is 0.307 e. The van der Waals surface area contributed by atoms with Gasteiger partial charge >= 0.3 is 5.97 Å². The quantitative estimate of drug-likeness (QED) is 0.0738. The highest BCUT2D eigenvalue weighted by atomic mass is 32.2. The van der Waals surface area contributed by atoms with Crippen LogP contribution in [0.15, 0.2) is 6.20 Å². The van der Waals surface area contributed by atoms with Gasteiger partial charge in [0.1, 0.15) is 5.69 Å². The Kier molecular flexibility index (Phi) is 30.7. The minimum absolute atomic E-state index is 0.0263. The molecule has 0 aliphatic carbocycles. The third-order valence-electron chi connectivity index (χ3n) is 8.26. The van der Waals surface area contributed by atoms with Crippen LogP contribution in [0.1, 0.15) is 46.2 Å². The van der Waals surface area contributed by atoms with E-state index < -0.39 is 17.1 Å². The van der Waals surface area contributed by atoms with E-state index in [9.17, 15) is 14.4 Å². The lowest BCUT2D eigenvalue weighted by Crippen LogP contribution is -2.31. The van der Waals surface area contributed by atoms with Crippen molar-refractivity contribution in [3.63, 3.8) is 0 Å². The topological polar surface area (TPSA) is 207 Å². The highest BCUT2D eigenvalue weighted by Crippen LogP contribution is 2.27. The molecule has 1 aliphatic heterocycles. The van der Waals surface area contributed by atoms with E-state index >= 15 is 0 Å². The Morgan fingerprint density at radius 2 is 1.05 bits per heavy atom. The minimum Gasteiger partial charge on any atom is -0.481 e. The molecule has 2 unspecified atom stereocenters. The third kappa shape index (κ3) is 28.8. The van der Waals surface area contributed by atoms with Crippen LogP contribution >= 0.6 is 11.8 Å². The molecule has 0 radical (unpaired) electrons. The minimum atomic E-state index is -0.932. The van der Waals surface area contributed by atoms with Crippen molar-refractivity contribution in [1.82, 2.24) is 19.9 Å². The highest BCUT2D eigenvalue weighted by molar-refractivity contribution is 8.00. The van der Waals surface area contributed by atoms with Crippen molar-refractivity contribution in [3.8, 4) is 0 Å². The van der Waals surface area contributed by atoms with Gasteiger partial charge in [-0.3, -0.25) is 19.3 Å². The van der Waals surface area contributed by atoms with Gasteiger partial charge in [-0.15, -0.1) is 16.9 Å². The molecule has 2 amide bonds. The number of imide groups is 1. The molecule has 20 heteroatoms. The summed E-state index contributed by atoms with van der Waals surface area (Å²) in [5.74, 6) is -1.90. The van der Waals surface area contributed by atoms with Crippen LogP contribution in [0.25, 0.3) is 0 Å². The van der Waals surface area contributed by atoms with Gasteiger partial charge in [-0.05, 0) is 11.8 Å². The zero-order valence-electron chi connectivity index (χ0n) is 35.7. The molecule has 2 atom stereocenters. The molecule has 1 fully saturated rings. The SMILES string of the molecule is CC(CSC1CC(=O)N(Cc2cn(CCOCCOCCOCCOCCOCCOCCOCCOCCOCCOCCOCCC(C)(C)C)nn2)C1=O)C(=O)O. The van der Waals surface area contributed by atoms with Gasteiger partial charge in [0, 0.05) is 18.8 Å². The predicted octanol–water partition coefficient (Wildman–Crippen LogP) is 1.98. The predicted molar refractivity (Wildman–Crippen MR) is 216 cm³/mol. The number of carbonyl (C=O) groups excluding carboxylic acids is 2. The number of carboxylic acids is 1. The van der Waals surface area contributed by atoms with Crippen molar-refractivity contribution < 1.29 is 71.6 Å². The molecule has 0 saturated carbocycles. The van der Waals surface area contributed by atoms with Crippen molar-refractivity contribution in [2.75, 3.05) is 151 Å². The number of nitrogens with zero attached hydrogens (tertiary/aromatic N) is 4. The van der Waals surface area contributed by atoms with Gasteiger partial charge < -0.3 is 57.2 Å². The monoisotopic (exact) mass is 866 g/mol. The van der Waals surface area contributed by atoms with Crippen LogP contribution in [-0.4, -0.2) is 199 Å². The van der Waals surface area contributed by atoms with Gasteiger partial charge in [0.15, 0.2) is 0 Å². The number of ether oxygens (including phenoxy) is 11. The van der Waals surface area contributed by atoms with Crippen LogP contribution in [0.4, 0.5) is 0 Å². The number of hydrogen-bond donors (Lipinski definition) is 1. The molecule has 59 heavy (non-hydrogen) atoms. The normalized spacial score (nSPS) is 15.2. The van der Waals surface area contributed by atoms with E-state index in [1.807, 2.05) is 0 Å². The fourth-order valence-corrected chi connectivity index (χ4v) is 5.99. The number of amides is 2. The second kappa shape index (κ2) is 34.3. The summed E-state index contributed by atoms with van der Waals surface area (Å²) in [6.07, 6.45) is 2.76. The average Bonchev–Trinajstić information content (AvgIpc) is 3.76. The molecule has 1 saturated heterocycles. The largest absolute Gasteiger partial charge is 0.481 e. The second-order valence-corrected chi connectivity index (χ2v) is 15.8. The summed E-state index contributed by atoms with van der Waals surface area (Å²) in [6, 6.07) is 0. The van der Waals surface area contributed by atoms with Crippen LogP contribution in [0.3, 0.4) is 0 Å². The van der Waals surface area contributed by atoms with Crippen LogP contribution in [-0.2, 0) is 79.6 Å². The number of carboxylic acid groups (broad SMARTS) is 1. The first kappa shape index (κ1) is 52.8. The molecule has 1 aromatic heterocycles. The fourth-order valence-electron chi connectivity index (χ4n) is 4.80. The summed E-state index contributed by atoms with van der Waals surface area (Å²) in [5, 5.41) is 16.6. The molecular formula is C39H70N4O15S. The number of likely N-dealkylation sites (tertiary alicyclic amines) is 1. The van der Waals surface area contributed by atoms with E-state index in [4.69, 9.17) is 57.2 Å². The molecule has 0 spiro atoms. The third-order valence-corrected chi connectivity index (χ3v) is 9.72. The molecule has 1 aliphatic rings. The van der Waals surface area contributed by atoms with E-state index in [-0.39, 0.29) is 30.5 Å². The highest BCUT2D eigenvalue weighted by Gasteiger charge is 2.39. The number of aliphatic carboxylic acids is 1. The lowest BCUT2D eigenvalue weighted by molar-refractivity contribution is -0.141. The summed E-state index contributed by atoms with van der Waals surface area (Å²) in [7, 11) is 0. The van der Waals surface area contributed by atoms with Gasteiger partial charge in [-0.25, -0.2) is 4.68 Å². The lowest BCUT2D eigenvalue weighted by Gasteiger charge is -2.17. The molecule has 1 aromatic rings. The van der Waals surface area contributed by atoms with Gasteiger partial charge in [-0.2, -0.15) is 0 Å². The zero-order valence-corrected chi connectivity index (χ0v) is 36.5. The fraction of sp³-hybridized carbons (Fsp3) is 0.872. The summed E-state index contributed by atoms with van der Waals surface area (Å²) >= 11 is 1.20. The Labute approximate surface area is 353 Å². The van der Waals surface area contributed by atoms with E-state index in [0.717, 1.165) is 17.9 Å². The first-order valence-corrected chi connectivity index (χ1v) is 21.5. The average molecular weight is 867 g/mol. The van der Waals surface area contributed by atoms with E-state index in [2.05, 4.69) is 31.1 Å². The number of carbonyl (C=O) groups is 3. The van der Waals surface area contributed by atoms with Crippen LogP contribution in [0.5, 0.6) is 0 Å². The number of aromatic nitrogens is 3. The van der Waals surface area contributed by atoms with Crippen LogP contribution < -0.4 is 0 Å². The molecule has 0 aromatic carbocycles. The Bertz CT molecular complexity index is 1230. The zero-order chi connectivity index (χ0) is 42.8. The van der Waals surface area contributed by atoms with E-state index in [1.54, 1.807) is 17.8 Å². The first-order chi connectivity index (χ1) is 28.6. The van der Waals surface area contributed by atoms with Gasteiger partial charge in [0.25, 0.3) is 0 Å². The van der Waals surface area contributed by atoms with Crippen LogP contribution in [0, 0.1) is 11.3 Å². The summed E-state index contributed by atoms with van der Waals surface area (Å²) < 4.78 is 62.2. The summed E-state index contributed by atoms with van der Waals surface area (Å²) in [4.78, 5) is 37.2. The maximum Gasteiger partial charge on any atom is 0.307 e. The molecule has 342 valence electrons. The lowest BCUT2D eigenvalue weighted by atomic mass is 9.93. The Hall–Kier alpha value is -2.34. The standard InChI is InChI=1S/C39H70N4O15S/c1-33(38(46)47)32-59-35-29-36(44)43(37(35)45)31-34-30-42(41-40-34)6-8-49-10-12-51-14-16-53-18-20-55-22-24-57-26-28-58-27-25-56-23-21-54-19-17-52-15-13-50-11-9-48-7-5-39(2,3)4/h30,33,35H,5-29,31-32H2,1-4H3,(H,46,47). The molecule has 19 nitrogen and oxygen atoms in total. The maximum absolute atomic E-state index is 12.7. The number of hydrogen-bond acceptors (Lipinski definition) is 17. The Morgan fingerprint density at radius 3 is 1.42 bits per heavy atom. The molecule has 0 bridgehead atoms. The van der Waals surface area contributed by atoms with Gasteiger partial charge in [0.05, 0.1) is 169 Å². The number of thioether (sulfide) groups is 1.